The molecule has 1 aromatic heterocycles. The van der Waals surface area contributed by atoms with Crippen molar-refractivity contribution in [3.8, 4) is 5.75 Å². The predicted molar refractivity (Wildman–Crippen MR) is 117 cm³/mol. The van der Waals surface area contributed by atoms with Gasteiger partial charge < -0.3 is 20.5 Å². The number of sulfonamides is 1. The number of aryl methyl sites for hydroxylation is 1. The maximum absolute atomic E-state index is 12.4. The van der Waals surface area contributed by atoms with Crippen LogP contribution >= 0.6 is 11.3 Å². The Balaban J connectivity index is 1.56. The van der Waals surface area contributed by atoms with Crippen LogP contribution in [0.3, 0.4) is 0 Å². The number of carbonyl (C=O) groups is 3. The van der Waals surface area contributed by atoms with E-state index in [0.717, 1.165) is 29.7 Å². The largest absolute Gasteiger partial charge is 0.497 e. The first kappa shape index (κ1) is 23.7. The molecule has 4 N–H and O–H groups in total. The summed E-state index contributed by atoms with van der Waals surface area (Å²) in [5.74, 6) is -1.73. The van der Waals surface area contributed by atoms with Crippen LogP contribution in [0.2, 0.25) is 0 Å². The van der Waals surface area contributed by atoms with Crippen LogP contribution in [0.15, 0.2) is 29.2 Å². The number of rotatable bonds is 9. The molecule has 3 rings (SSSR count). The minimum absolute atomic E-state index is 0.0552. The van der Waals surface area contributed by atoms with Gasteiger partial charge in [-0.1, -0.05) is 0 Å². The third kappa shape index (κ3) is 5.26. The van der Waals surface area contributed by atoms with E-state index in [-0.39, 0.29) is 4.90 Å². The van der Waals surface area contributed by atoms with Gasteiger partial charge in [-0.05, 0) is 56.0 Å². The fourth-order valence-electron chi connectivity index (χ4n) is 3.28. The number of nitrogens with one attached hydrogen (secondary N) is 2. The first-order valence-corrected chi connectivity index (χ1v) is 12.0. The van der Waals surface area contributed by atoms with Crippen molar-refractivity contribution in [2.24, 2.45) is 5.73 Å². The summed E-state index contributed by atoms with van der Waals surface area (Å²) >= 11 is 1.28. The molecule has 0 saturated carbocycles. The second-order valence-electron chi connectivity index (χ2n) is 7.10. The molecule has 0 unspecified atom stereocenters. The topological polar surface area (TPSA) is 154 Å². The number of fused-ring (bicyclic) bond motifs is 1. The van der Waals surface area contributed by atoms with Crippen LogP contribution < -0.4 is 20.5 Å². The quantitative estimate of drug-likeness (QED) is 0.455. The summed E-state index contributed by atoms with van der Waals surface area (Å²) in [6, 6.07) is 4.38. The van der Waals surface area contributed by atoms with Crippen LogP contribution in [0.25, 0.3) is 0 Å². The Morgan fingerprint density at radius 1 is 1.19 bits per heavy atom. The number of methoxy groups -OCH3 is 1. The molecular formula is C20H23N3O7S2. The van der Waals surface area contributed by atoms with Gasteiger partial charge in [0.05, 0.1) is 17.6 Å². The number of ether oxygens (including phenoxy) is 2. The number of amides is 2. The fraction of sp³-hybridized carbons (Fsp3) is 0.350. The molecular weight excluding hydrogens is 458 g/mol. The summed E-state index contributed by atoms with van der Waals surface area (Å²) in [6.45, 7) is 0.657. The summed E-state index contributed by atoms with van der Waals surface area (Å²) in [4.78, 5) is 37.1. The third-order valence-corrected chi connectivity index (χ3v) is 7.59. The molecule has 32 heavy (non-hydrogen) atoms. The van der Waals surface area contributed by atoms with Crippen LogP contribution in [0.4, 0.5) is 5.00 Å². The molecule has 1 aliphatic rings. The lowest BCUT2D eigenvalue weighted by atomic mass is 10.1. The average molecular weight is 482 g/mol. The zero-order valence-corrected chi connectivity index (χ0v) is 19.1. The Morgan fingerprint density at radius 3 is 2.50 bits per heavy atom. The van der Waals surface area contributed by atoms with Gasteiger partial charge in [0, 0.05) is 4.88 Å². The van der Waals surface area contributed by atoms with E-state index in [9.17, 15) is 22.8 Å². The van der Waals surface area contributed by atoms with E-state index in [2.05, 4.69) is 10.0 Å². The highest BCUT2D eigenvalue weighted by molar-refractivity contribution is 7.89. The number of hydrogen-bond donors (Lipinski definition) is 3. The minimum Gasteiger partial charge on any atom is -0.497 e. The van der Waals surface area contributed by atoms with E-state index >= 15 is 0 Å². The van der Waals surface area contributed by atoms with Crippen molar-refractivity contribution in [1.82, 2.24) is 4.72 Å². The summed E-state index contributed by atoms with van der Waals surface area (Å²) in [5, 5.41) is 2.88. The lowest BCUT2D eigenvalue weighted by Gasteiger charge is -2.14. The van der Waals surface area contributed by atoms with Gasteiger partial charge in [-0.2, -0.15) is 4.72 Å². The Morgan fingerprint density at radius 2 is 1.88 bits per heavy atom. The van der Waals surface area contributed by atoms with Crippen molar-refractivity contribution < 1.29 is 32.3 Å². The summed E-state index contributed by atoms with van der Waals surface area (Å²) in [7, 11) is -2.53. The van der Waals surface area contributed by atoms with Gasteiger partial charge in [0.2, 0.25) is 10.0 Å². The highest BCUT2D eigenvalue weighted by Crippen LogP contribution is 2.38. The fourth-order valence-corrected chi connectivity index (χ4v) is 5.78. The monoisotopic (exact) mass is 481 g/mol. The molecule has 0 bridgehead atoms. The Labute approximate surface area is 189 Å². The number of nitrogens with two attached hydrogens (primary N) is 1. The maximum Gasteiger partial charge on any atom is 0.324 e. The molecule has 1 aromatic carbocycles. The number of anilines is 1. The Bertz CT molecular complexity index is 1140. The van der Waals surface area contributed by atoms with Gasteiger partial charge in [0.15, 0.2) is 6.61 Å². The van der Waals surface area contributed by atoms with Gasteiger partial charge in [-0.25, -0.2) is 8.42 Å². The van der Waals surface area contributed by atoms with Crippen LogP contribution in [0.1, 0.15) is 34.1 Å². The normalized spacial score (nSPS) is 13.8. The predicted octanol–water partition coefficient (Wildman–Crippen LogP) is 1.19. The molecule has 0 spiro atoms. The molecule has 0 fully saturated rings. The van der Waals surface area contributed by atoms with E-state index in [4.69, 9.17) is 15.2 Å². The minimum atomic E-state index is -3.99. The van der Waals surface area contributed by atoms with Crippen LogP contribution in [-0.2, 0) is 37.2 Å². The second-order valence-corrected chi connectivity index (χ2v) is 9.92. The Hall–Kier alpha value is -2.96. The zero-order valence-electron chi connectivity index (χ0n) is 17.5. The maximum atomic E-state index is 12.4. The molecule has 12 heteroatoms. The zero-order chi connectivity index (χ0) is 23.5. The molecule has 2 aromatic rings. The molecule has 1 aliphatic carbocycles. The summed E-state index contributed by atoms with van der Waals surface area (Å²) in [5.41, 5.74) is 6.60. The lowest BCUT2D eigenvalue weighted by molar-refractivity contribution is -0.148. The smallest absolute Gasteiger partial charge is 0.324 e. The van der Waals surface area contributed by atoms with Crippen molar-refractivity contribution >= 4 is 44.1 Å². The van der Waals surface area contributed by atoms with E-state index in [1.165, 1.54) is 49.6 Å². The summed E-state index contributed by atoms with van der Waals surface area (Å²) in [6.07, 6.45) is 2.47. The van der Waals surface area contributed by atoms with Crippen molar-refractivity contribution in [3.63, 3.8) is 0 Å². The average Bonchev–Trinajstić information content (AvgIpc) is 3.32. The molecule has 2 amide bonds. The molecule has 10 nitrogen and oxygen atoms in total. The summed E-state index contributed by atoms with van der Waals surface area (Å²) < 4.78 is 36.9. The van der Waals surface area contributed by atoms with Crippen molar-refractivity contribution in [2.75, 3.05) is 19.0 Å². The van der Waals surface area contributed by atoms with Crippen LogP contribution in [0.5, 0.6) is 5.75 Å². The van der Waals surface area contributed by atoms with Crippen molar-refractivity contribution in [3.05, 3.63) is 40.3 Å². The van der Waals surface area contributed by atoms with E-state index in [1.807, 2.05) is 0 Å². The Kier molecular flexibility index (Phi) is 7.16. The van der Waals surface area contributed by atoms with Gasteiger partial charge in [0.25, 0.3) is 11.8 Å². The standard InChI is InChI=1S/C20H23N3O7S2/c1-11(23-32(27,28)13-8-6-12(29-2)7-9-13)20(26)30-10-16(24)22-19-17(18(21)25)14-4-3-5-15(14)31-19/h6-9,11,23H,3-5,10H2,1-2H3,(H2,21,25)(H,22,24)/t11-/m0/s1. The molecule has 0 aliphatic heterocycles. The van der Waals surface area contributed by atoms with Crippen molar-refractivity contribution in [1.29, 1.82) is 0 Å². The van der Waals surface area contributed by atoms with Gasteiger partial charge in [-0.15, -0.1) is 11.3 Å². The number of esters is 1. The number of carbonyl (C=O) groups excluding carboxylic acids is 3. The number of primary amides is 1. The second kappa shape index (κ2) is 9.67. The molecule has 1 atom stereocenters. The molecule has 172 valence electrons. The lowest BCUT2D eigenvalue weighted by Crippen LogP contribution is -2.40. The van der Waals surface area contributed by atoms with E-state index < -0.39 is 40.5 Å². The van der Waals surface area contributed by atoms with Crippen LogP contribution in [-0.4, -0.2) is 46.0 Å². The first-order valence-electron chi connectivity index (χ1n) is 9.69. The van der Waals surface area contributed by atoms with E-state index in [0.29, 0.717) is 16.3 Å². The highest BCUT2D eigenvalue weighted by atomic mass is 32.2. The first-order chi connectivity index (χ1) is 15.1. The van der Waals surface area contributed by atoms with Gasteiger partial charge >= 0.3 is 5.97 Å². The molecule has 0 radical (unpaired) electrons. The number of thiophene rings is 1. The molecule has 0 saturated heterocycles. The third-order valence-electron chi connectivity index (χ3n) is 4.82. The van der Waals surface area contributed by atoms with Gasteiger partial charge in [0.1, 0.15) is 16.8 Å². The number of benzene rings is 1. The highest BCUT2D eigenvalue weighted by Gasteiger charge is 2.27. The van der Waals surface area contributed by atoms with Gasteiger partial charge in [-0.3, -0.25) is 14.4 Å². The molecule has 1 heterocycles. The SMILES string of the molecule is COc1ccc(S(=O)(=O)N[C@@H](C)C(=O)OCC(=O)Nc2sc3c(c2C(N)=O)CCC3)cc1. The number of hydrogen-bond acceptors (Lipinski definition) is 8. The van der Waals surface area contributed by atoms with Crippen LogP contribution in [0, 0.1) is 0 Å². The van der Waals surface area contributed by atoms with Crippen molar-refractivity contribution in [2.45, 2.75) is 37.1 Å². The van der Waals surface area contributed by atoms with E-state index in [1.54, 1.807) is 0 Å².